The van der Waals surface area contributed by atoms with E-state index >= 15 is 0 Å². The summed E-state index contributed by atoms with van der Waals surface area (Å²) in [5.41, 5.74) is -0.496. The maximum Gasteiger partial charge on any atom is 0.222 e. The van der Waals surface area contributed by atoms with Crippen LogP contribution in [0.15, 0.2) is 18.7 Å². The molecule has 1 aromatic rings. The normalized spacial score (nSPS) is 18.5. The van der Waals surface area contributed by atoms with Gasteiger partial charge in [-0.15, -0.1) is 0 Å². The molecule has 0 unspecified atom stereocenters. The van der Waals surface area contributed by atoms with Gasteiger partial charge in [0.25, 0.3) is 0 Å². The Morgan fingerprint density at radius 2 is 2.28 bits per heavy atom. The third kappa shape index (κ3) is 3.30. The van der Waals surface area contributed by atoms with Crippen molar-refractivity contribution in [2.45, 2.75) is 31.3 Å². The molecule has 100 valence electrons. The van der Waals surface area contributed by atoms with Gasteiger partial charge in [0, 0.05) is 38.6 Å². The van der Waals surface area contributed by atoms with Gasteiger partial charge in [-0.2, -0.15) is 0 Å². The van der Waals surface area contributed by atoms with Crippen LogP contribution in [-0.2, 0) is 16.1 Å². The molecule has 1 amide bonds. The molecule has 0 radical (unpaired) electrons. The molecule has 1 aliphatic rings. The standard InChI is InChI=1S/C12H19N3O3/c16-9-12(2-7-18-8-3-12)14-11(17)1-5-15-6-4-13-10-15/h4,6,10,16H,1-3,5,7-9H2,(H,14,17). The molecular weight excluding hydrogens is 234 g/mol. The second-order valence-electron chi connectivity index (χ2n) is 4.65. The van der Waals surface area contributed by atoms with Gasteiger partial charge >= 0.3 is 0 Å². The molecule has 0 spiro atoms. The van der Waals surface area contributed by atoms with Gasteiger partial charge in [-0.1, -0.05) is 0 Å². The Kier molecular flexibility index (Phi) is 4.33. The number of carbonyl (C=O) groups excluding carboxylic acids is 1. The van der Waals surface area contributed by atoms with Gasteiger partial charge in [-0.25, -0.2) is 4.98 Å². The maximum atomic E-state index is 11.9. The average Bonchev–Trinajstić information content (AvgIpc) is 2.91. The number of nitrogens with one attached hydrogen (secondary N) is 1. The lowest BCUT2D eigenvalue weighted by Gasteiger charge is -2.36. The first kappa shape index (κ1) is 13.0. The molecular formula is C12H19N3O3. The van der Waals surface area contributed by atoms with E-state index in [0.717, 1.165) is 0 Å². The summed E-state index contributed by atoms with van der Waals surface area (Å²) < 4.78 is 7.11. The second-order valence-corrected chi connectivity index (χ2v) is 4.65. The van der Waals surface area contributed by atoms with E-state index < -0.39 is 5.54 Å². The minimum atomic E-state index is -0.496. The summed E-state index contributed by atoms with van der Waals surface area (Å²) in [6, 6.07) is 0. The Morgan fingerprint density at radius 1 is 1.50 bits per heavy atom. The van der Waals surface area contributed by atoms with E-state index in [1.807, 2.05) is 10.8 Å². The van der Waals surface area contributed by atoms with Gasteiger partial charge in [0.15, 0.2) is 0 Å². The van der Waals surface area contributed by atoms with E-state index in [4.69, 9.17) is 4.74 Å². The number of hydrogen-bond acceptors (Lipinski definition) is 4. The second kappa shape index (κ2) is 5.97. The number of rotatable bonds is 5. The maximum absolute atomic E-state index is 11.9. The SMILES string of the molecule is O=C(CCn1ccnc1)NC1(CO)CCOCC1. The number of amides is 1. The number of aliphatic hydroxyl groups is 1. The molecule has 0 atom stereocenters. The van der Waals surface area contributed by atoms with Gasteiger partial charge in [-0.05, 0) is 12.8 Å². The molecule has 6 nitrogen and oxygen atoms in total. The van der Waals surface area contributed by atoms with Crippen molar-refractivity contribution < 1.29 is 14.6 Å². The number of aromatic nitrogens is 2. The molecule has 1 aliphatic heterocycles. The molecule has 6 heteroatoms. The van der Waals surface area contributed by atoms with Gasteiger partial charge in [-0.3, -0.25) is 4.79 Å². The van der Waals surface area contributed by atoms with E-state index in [-0.39, 0.29) is 12.5 Å². The van der Waals surface area contributed by atoms with Crippen molar-refractivity contribution in [3.63, 3.8) is 0 Å². The van der Waals surface area contributed by atoms with Crippen LogP contribution >= 0.6 is 0 Å². The number of carbonyl (C=O) groups is 1. The fourth-order valence-corrected chi connectivity index (χ4v) is 2.09. The summed E-state index contributed by atoms with van der Waals surface area (Å²) in [7, 11) is 0. The summed E-state index contributed by atoms with van der Waals surface area (Å²) in [5, 5.41) is 12.4. The number of aryl methyl sites for hydroxylation is 1. The summed E-state index contributed by atoms with van der Waals surface area (Å²) in [6.45, 7) is 1.74. The zero-order valence-electron chi connectivity index (χ0n) is 10.3. The molecule has 0 bridgehead atoms. The van der Waals surface area contributed by atoms with Crippen LogP contribution in [0.1, 0.15) is 19.3 Å². The van der Waals surface area contributed by atoms with Crippen molar-refractivity contribution in [1.82, 2.24) is 14.9 Å². The zero-order valence-corrected chi connectivity index (χ0v) is 10.3. The lowest BCUT2D eigenvalue weighted by molar-refractivity contribution is -0.125. The van der Waals surface area contributed by atoms with Crippen LogP contribution in [0.3, 0.4) is 0 Å². The summed E-state index contributed by atoms with van der Waals surface area (Å²) in [6.07, 6.45) is 6.91. The van der Waals surface area contributed by atoms with E-state index in [0.29, 0.717) is 39.0 Å². The van der Waals surface area contributed by atoms with Crippen LogP contribution in [0.25, 0.3) is 0 Å². The minimum absolute atomic E-state index is 0.0345. The molecule has 0 aliphatic carbocycles. The number of ether oxygens (including phenoxy) is 1. The zero-order chi connectivity index (χ0) is 12.8. The monoisotopic (exact) mass is 253 g/mol. The Balaban J connectivity index is 1.81. The molecule has 0 aromatic carbocycles. The minimum Gasteiger partial charge on any atom is -0.394 e. The molecule has 1 fully saturated rings. The molecule has 2 N–H and O–H groups in total. The van der Waals surface area contributed by atoms with Crippen molar-refractivity contribution in [3.05, 3.63) is 18.7 Å². The van der Waals surface area contributed by atoms with Crippen LogP contribution in [-0.4, -0.2) is 45.9 Å². The lowest BCUT2D eigenvalue weighted by Crippen LogP contribution is -2.54. The highest BCUT2D eigenvalue weighted by Crippen LogP contribution is 2.20. The van der Waals surface area contributed by atoms with Crippen molar-refractivity contribution in [1.29, 1.82) is 0 Å². The summed E-state index contributed by atoms with van der Waals surface area (Å²) in [5.74, 6) is -0.0420. The Bertz CT molecular complexity index is 372. The quantitative estimate of drug-likeness (QED) is 0.770. The first-order chi connectivity index (χ1) is 8.74. The van der Waals surface area contributed by atoms with Crippen LogP contribution in [0.2, 0.25) is 0 Å². The summed E-state index contributed by atoms with van der Waals surface area (Å²) in [4.78, 5) is 15.8. The summed E-state index contributed by atoms with van der Waals surface area (Å²) >= 11 is 0. The fourth-order valence-electron chi connectivity index (χ4n) is 2.09. The molecule has 18 heavy (non-hydrogen) atoms. The first-order valence-electron chi connectivity index (χ1n) is 6.19. The molecule has 2 rings (SSSR count). The van der Waals surface area contributed by atoms with Gasteiger partial charge in [0.05, 0.1) is 18.5 Å². The van der Waals surface area contributed by atoms with Crippen molar-refractivity contribution >= 4 is 5.91 Å². The third-order valence-corrected chi connectivity index (χ3v) is 3.31. The lowest BCUT2D eigenvalue weighted by atomic mass is 9.91. The topological polar surface area (TPSA) is 76.4 Å². The van der Waals surface area contributed by atoms with Crippen LogP contribution in [0.4, 0.5) is 0 Å². The largest absolute Gasteiger partial charge is 0.394 e. The predicted octanol–water partition coefficient (Wildman–Crippen LogP) is -0.0691. The Morgan fingerprint density at radius 3 is 2.89 bits per heavy atom. The fraction of sp³-hybridized carbons (Fsp3) is 0.667. The van der Waals surface area contributed by atoms with Crippen molar-refractivity contribution in [2.24, 2.45) is 0 Å². The van der Waals surface area contributed by atoms with Gasteiger partial charge in [0.2, 0.25) is 5.91 Å². The van der Waals surface area contributed by atoms with Crippen molar-refractivity contribution in [2.75, 3.05) is 19.8 Å². The van der Waals surface area contributed by atoms with Crippen LogP contribution < -0.4 is 5.32 Å². The highest BCUT2D eigenvalue weighted by atomic mass is 16.5. The van der Waals surface area contributed by atoms with Crippen molar-refractivity contribution in [3.8, 4) is 0 Å². The van der Waals surface area contributed by atoms with E-state index in [2.05, 4.69) is 10.3 Å². The molecule has 1 saturated heterocycles. The molecule has 1 aromatic heterocycles. The molecule has 0 saturated carbocycles. The number of hydrogen-bond donors (Lipinski definition) is 2. The predicted molar refractivity (Wildman–Crippen MR) is 64.9 cm³/mol. The highest BCUT2D eigenvalue weighted by Gasteiger charge is 2.33. The van der Waals surface area contributed by atoms with Gasteiger partial charge in [0.1, 0.15) is 0 Å². The Labute approximate surface area is 106 Å². The van der Waals surface area contributed by atoms with E-state index in [9.17, 15) is 9.90 Å². The number of aliphatic hydroxyl groups excluding tert-OH is 1. The van der Waals surface area contributed by atoms with Crippen LogP contribution in [0.5, 0.6) is 0 Å². The number of imidazole rings is 1. The Hall–Kier alpha value is -1.40. The average molecular weight is 253 g/mol. The third-order valence-electron chi connectivity index (χ3n) is 3.31. The van der Waals surface area contributed by atoms with E-state index in [1.54, 1.807) is 12.5 Å². The molecule has 2 heterocycles. The van der Waals surface area contributed by atoms with E-state index in [1.165, 1.54) is 0 Å². The first-order valence-corrected chi connectivity index (χ1v) is 6.19. The number of nitrogens with zero attached hydrogens (tertiary/aromatic N) is 2. The highest BCUT2D eigenvalue weighted by molar-refractivity contribution is 5.76. The van der Waals surface area contributed by atoms with Gasteiger partial charge < -0.3 is 19.7 Å². The van der Waals surface area contributed by atoms with Crippen LogP contribution in [0, 0.1) is 0 Å². The smallest absolute Gasteiger partial charge is 0.222 e.